The molecule has 0 aromatic heterocycles. The minimum atomic E-state index is -0.0312. The Balaban J connectivity index is 2.35. The molecule has 1 aromatic carbocycles. The minimum Gasteiger partial charge on any atom is -0.496 e. The largest absolute Gasteiger partial charge is 0.496 e. The Morgan fingerprint density at radius 2 is 2.16 bits per heavy atom. The molecule has 102 valence electrons. The van der Waals surface area contributed by atoms with Crippen LogP contribution < -0.4 is 4.74 Å². The molecule has 1 aliphatic rings. The van der Waals surface area contributed by atoms with Gasteiger partial charge < -0.3 is 9.47 Å². The molecular weight excluding hydrogens is 238 g/mol. The van der Waals surface area contributed by atoms with Crippen LogP contribution in [0.4, 0.5) is 0 Å². The predicted molar refractivity (Wildman–Crippen MR) is 74.4 cm³/mol. The second-order valence-electron chi connectivity index (χ2n) is 5.55. The van der Waals surface area contributed by atoms with Crippen molar-refractivity contribution in [2.45, 2.75) is 38.0 Å². The van der Waals surface area contributed by atoms with E-state index in [2.05, 4.69) is 38.1 Å². The lowest BCUT2D eigenvalue weighted by Gasteiger charge is -2.42. The van der Waals surface area contributed by atoms with Crippen molar-refractivity contribution in [3.63, 3.8) is 0 Å². The fraction of sp³-hybridized carbons (Fsp3) is 0.562. The molecular formula is C16H21NO2. The van der Waals surface area contributed by atoms with Gasteiger partial charge in [-0.25, -0.2) is 0 Å². The maximum Gasteiger partial charge on any atom is 0.123 e. The van der Waals surface area contributed by atoms with E-state index in [4.69, 9.17) is 14.7 Å². The monoisotopic (exact) mass is 259 g/mol. The summed E-state index contributed by atoms with van der Waals surface area (Å²) in [6.07, 6.45) is 1.39. The average Bonchev–Trinajstić information content (AvgIpc) is 2.37. The number of hydrogen-bond acceptors (Lipinski definition) is 3. The molecule has 0 N–H and O–H groups in total. The van der Waals surface area contributed by atoms with Gasteiger partial charge in [-0.1, -0.05) is 26.0 Å². The Morgan fingerprint density at radius 3 is 2.63 bits per heavy atom. The molecule has 2 rings (SSSR count). The molecule has 0 atom stereocenters. The van der Waals surface area contributed by atoms with Crippen molar-refractivity contribution in [3.8, 4) is 11.8 Å². The average molecular weight is 259 g/mol. The summed E-state index contributed by atoms with van der Waals surface area (Å²) in [5.74, 6) is 1.41. The summed E-state index contributed by atoms with van der Waals surface area (Å²) in [7, 11) is 1.71. The van der Waals surface area contributed by atoms with Crippen LogP contribution in [0.3, 0.4) is 0 Å². The maximum atomic E-state index is 8.82. The highest BCUT2D eigenvalue weighted by Gasteiger charge is 2.41. The fourth-order valence-corrected chi connectivity index (χ4v) is 2.58. The first-order valence-corrected chi connectivity index (χ1v) is 6.76. The minimum absolute atomic E-state index is 0.0312. The van der Waals surface area contributed by atoms with E-state index >= 15 is 0 Å². The van der Waals surface area contributed by atoms with Gasteiger partial charge in [-0.05, 0) is 24.0 Å². The van der Waals surface area contributed by atoms with E-state index in [0.29, 0.717) is 25.6 Å². The van der Waals surface area contributed by atoms with Gasteiger partial charge in [0.15, 0.2) is 0 Å². The molecule has 3 heteroatoms. The van der Waals surface area contributed by atoms with Crippen LogP contribution in [0.2, 0.25) is 0 Å². The summed E-state index contributed by atoms with van der Waals surface area (Å²) in [6, 6.07) is 8.66. The summed E-state index contributed by atoms with van der Waals surface area (Å²) < 4.78 is 11.0. The van der Waals surface area contributed by atoms with Crippen molar-refractivity contribution in [2.24, 2.45) is 0 Å². The molecule has 0 spiro atoms. The van der Waals surface area contributed by atoms with E-state index in [1.165, 1.54) is 11.1 Å². The van der Waals surface area contributed by atoms with Crippen LogP contribution in [0.25, 0.3) is 0 Å². The Kier molecular flexibility index (Phi) is 4.11. The van der Waals surface area contributed by atoms with Crippen molar-refractivity contribution < 1.29 is 9.47 Å². The van der Waals surface area contributed by atoms with Gasteiger partial charge in [0.05, 0.1) is 26.4 Å². The van der Waals surface area contributed by atoms with Crippen LogP contribution in [-0.2, 0) is 10.2 Å². The Bertz CT molecular complexity index is 484. The number of benzene rings is 1. The predicted octanol–water partition coefficient (Wildman–Crippen LogP) is 3.39. The first-order valence-electron chi connectivity index (χ1n) is 6.76. The van der Waals surface area contributed by atoms with Gasteiger partial charge >= 0.3 is 0 Å². The van der Waals surface area contributed by atoms with E-state index in [0.717, 1.165) is 12.2 Å². The fourth-order valence-electron chi connectivity index (χ4n) is 2.58. The third kappa shape index (κ3) is 2.59. The van der Waals surface area contributed by atoms with Crippen molar-refractivity contribution in [1.82, 2.24) is 0 Å². The van der Waals surface area contributed by atoms with Gasteiger partial charge in [-0.3, -0.25) is 0 Å². The molecule has 0 aliphatic carbocycles. The van der Waals surface area contributed by atoms with Crippen LogP contribution >= 0.6 is 0 Å². The molecule has 3 nitrogen and oxygen atoms in total. The molecule has 0 bridgehead atoms. The van der Waals surface area contributed by atoms with Crippen LogP contribution in [0.15, 0.2) is 18.2 Å². The van der Waals surface area contributed by atoms with Crippen LogP contribution in [0.1, 0.15) is 43.7 Å². The number of hydrogen-bond donors (Lipinski definition) is 0. The Morgan fingerprint density at radius 1 is 1.42 bits per heavy atom. The molecule has 0 amide bonds. The normalized spacial score (nSPS) is 16.8. The van der Waals surface area contributed by atoms with E-state index < -0.39 is 0 Å². The zero-order valence-corrected chi connectivity index (χ0v) is 11.9. The third-order valence-electron chi connectivity index (χ3n) is 3.94. The van der Waals surface area contributed by atoms with Gasteiger partial charge in [0.2, 0.25) is 0 Å². The van der Waals surface area contributed by atoms with Gasteiger partial charge in [0.1, 0.15) is 5.75 Å². The lowest BCUT2D eigenvalue weighted by Crippen LogP contribution is -2.46. The molecule has 1 saturated heterocycles. The Hall–Kier alpha value is -1.53. The number of ether oxygens (including phenoxy) is 2. The topological polar surface area (TPSA) is 42.2 Å². The zero-order valence-electron chi connectivity index (χ0n) is 11.9. The van der Waals surface area contributed by atoms with Gasteiger partial charge in [-0.15, -0.1) is 0 Å². The van der Waals surface area contributed by atoms with Crippen molar-refractivity contribution >= 4 is 0 Å². The standard InChI is InChI=1S/C16H21NO2/c1-12(2)13-5-6-14(15(9-13)18-3)16(7-4-8-17)10-19-11-16/h5-6,9,12H,4,7,10-11H2,1-3H3. The van der Waals surface area contributed by atoms with Gasteiger partial charge in [0, 0.05) is 17.4 Å². The van der Waals surface area contributed by atoms with Crippen LogP contribution in [0, 0.1) is 11.3 Å². The van der Waals surface area contributed by atoms with Gasteiger partial charge in [0.25, 0.3) is 0 Å². The maximum absolute atomic E-state index is 8.82. The molecule has 1 aromatic rings. The van der Waals surface area contributed by atoms with Crippen molar-refractivity contribution in [1.29, 1.82) is 5.26 Å². The third-order valence-corrected chi connectivity index (χ3v) is 3.94. The lowest BCUT2D eigenvalue weighted by atomic mass is 9.74. The van der Waals surface area contributed by atoms with E-state index in [-0.39, 0.29) is 5.41 Å². The molecule has 19 heavy (non-hydrogen) atoms. The van der Waals surface area contributed by atoms with Gasteiger partial charge in [-0.2, -0.15) is 5.26 Å². The van der Waals surface area contributed by atoms with Crippen molar-refractivity contribution in [2.75, 3.05) is 20.3 Å². The smallest absolute Gasteiger partial charge is 0.123 e. The lowest BCUT2D eigenvalue weighted by molar-refractivity contribution is -0.0646. The quantitative estimate of drug-likeness (QED) is 0.814. The number of rotatable bonds is 5. The molecule has 0 unspecified atom stereocenters. The van der Waals surface area contributed by atoms with Crippen LogP contribution in [-0.4, -0.2) is 20.3 Å². The molecule has 1 heterocycles. The van der Waals surface area contributed by atoms with E-state index in [1.54, 1.807) is 7.11 Å². The summed E-state index contributed by atoms with van der Waals surface area (Å²) in [4.78, 5) is 0. The van der Waals surface area contributed by atoms with E-state index in [1.807, 2.05) is 0 Å². The number of nitrogens with zero attached hydrogens (tertiary/aromatic N) is 1. The second-order valence-corrected chi connectivity index (χ2v) is 5.55. The first kappa shape index (κ1) is 13.9. The number of methoxy groups -OCH3 is 1. The summed E-state index contributed by atoms with van der Waals surface area (Å²) in [5, 5.41) is 8.82. The van der Waals surface area contributed by atoms with Crippen LogP contribution in [0.5, 0.6) is 5.75 Å². The number of nitriles is 1. The molecule has 0 saturated carbocycles. The SMILES string of the molecule is COc1cc(C(C)C)ccc1C1(CCC#N)COC1. The summed E-state index contributed by atoms with van der Waals surface area (Å²) >= 11 is 0. The first-order chi connectivity index (χ1) is 9.13. The summed E-state index contributed by atoms with van der Waals surface area (Å²) in [5.41, 5.74) is 2.42. The Labute approximate surface area is 115 Å². The molecule has 1 aliphatic heterocycles. The van der Waals surface area contributed by atoms with E-state index in [9.17, 15) is 0 Å². The van der Waals surface area contributed by atoms with Crippen molar-refractivity contribution in [3.05, 3.63) is 29.3 Å². The summed E-state index contributed by atoms with van der Waals surface area (Å²) in [6.45, 7) is 5.72. The molecule has 0 radical (unpaired) electrons. The highest BCUT2D eigenvalue weighted by Crippen LogP contribution is 2.42. The zero-order chi connectivity index (χ0) is 13.9. The highest BCUT2D eigenvalue weighted by molar-refractivity contribution is 5.44. The highest BCUT2D eigenvalue weighted by atomic mass is 16.5. The molecule has 1 fully saturated rings. The second kappa shape index (κ2) is 5.63.